The summed E-state index contributed by atoms with van der Waals surface area (Å²) in [4.78, 5) is 8.27. The lowest BCUT2D eigenvalue weighted by Gasteiger charge is -2.11. The quantitative estimate of drug-likeness (QED) is 0.482. The first-order valence-electron chi connectivity index (χ1n) is 5.19. The molecule has 0 fully saturated rings. The van der Waals surface area contributed by atoms with E-state index in [1.54, 1.807) is 0 Å². The molecular formula is C11H9ClIN3O. The second-order valence-electron chi connectivity index (χ2n) is 4.00. The monoisotopic (exact) mass is 361 g/mol. The molecule has 2 heterocycles. The van der Waals surface area contributed by atoms with Crippen LogP contribution in [-0.2, 0) is 0 Å². The number of fused-ring (bicyclic) bond motifs is 1. The molecule has 0 saturated heterocycles. The van der Waals surface area contributed by atoms with Crippen LogP contribution >= 0.6 is 34.2 Å². The Hall–Kier alpha value is -0.660. The van der Waals surface area contributed by atoms with E-state index < -0.39 is 0 Å². The molecule has 17 heavy (non-hydrogen) atoms. The molecular weight excluding hydrogens is 352 g/mol. The smallest absolute Gasteiger partial charge is 0.146 e. The zero-order chi connectivity index (χ0) is 12.0. The van der Waals surface area contributed by atoms with Crippen LogP contribution < -0.4 is 0 Å². The lowest BCUT2D eigenvalue weighted by atomic mass is 10.2. The van der Waals surface area contributed by atoms with Gasteiger partial charge in [0.1, 0.15) is 17.1 Å². The first kappa shape index (κ1) is 11.4. The SMILES string of the molecule is OC1C=CC(n2cc(I)c3c(Cl)ncnc32)C1. The molecule has 0 amide bonds. The summed E-state index contributed by atoms with van der Waals surface area (Å²) in [6.07, 6.45) is 7.59. The van der Waals surface area contributed by atoms with E-state index in [0.29, 0.717) is 11.6 Å². The fraction of sp³-hybridized carbons (Fsp3) is 0.273. The van der Waals surface area contributed by atoms with Crippen LogP contribution in [0.25, 0.3) is 11.0 Å². The number of hydrogen-bond acceptors (Lipinski definition) is 3. The summed E-state index contributed by atoms with van der Waals surface area (Å²) in [6.45, 7) is 0. The number of aromatic nitrogens is 3. The van der Waals surface area contributed by atoms with Crippen molar-refractivity contribution in [3.05, 3.63) is 33.4 Å². The Morgan fingerprint density at radius 1 is 1.41 bits per heavy atom. The van der Waals surface area contributed by atoms with Crippen molar-refractivity contribution in [2.24, 2.45) is 0 Å². The van der Waals surface area contributed by atoms with Gasteiger partial charge < -0.3 is 9.67 Å². The normalized spacial score (nSPS) is 23.7. The van der Waals surface area contributed by atoms with E-state index in [1.807, 2.05) is 22.9 Å². The van der Waals surface area contributed by atoms with Crippen molar-refractivity contribution in [1.29, 1.82) is 0 Å². The molecule has 88 valence electrons. The van der Waals surface area contributed by atoms with Gasteiger partial charge in [-0.1, -0.05) is 23.8 Å². The lowest BCUT2D eigenvalue weighted by Crippen LogP contribution is -2.07. The predicted molar refractivity (Wildman–Crippen MR) is 74.1 cm³/mol. The first-order chi connectivity index (χ1) is 8.16. The maximum Gasteiger partial charge on any atom is 0.146 e. The molecule has 2 unspecified atom stereocenters. The van der Waals surface area contributed by atoms with Gasteiger partial charge in [-0.3, -0.25) is 0 Å². The highest BCUT2D eigenvalue weighted by Crippen LogP contribution is 2.32. The number of aliphatic hydroxyl groups is 1. The third kappa shape index (κ3) is 1.86. The second-order valence-corrected chi connectivity index (χ2v) is 5.52. The minimum Gasteiger partial charge on any atom is -0.389 e. The average Bonchev–Trinajstić information content (AvgIpc) is 2.84. The highest BCUT2D eigenvalue weighted by atomic mass is 127. The van der Waals surface area contributed by atoms with Crippen LogP contribution in [0.15, 0.2) is 24.7 Å². The summed E-state index contributed by atoms with van der Waals surface area (Å²) in [5.74, 6) is 0. The van der Waals surface area contributed by atoms with Crippen molar-refractivity contribution < 1.29 is 5.11 Å². The van der Waals surface area contributed by atoms with Crippen LogP contribution in [0, 0.1) is 3.57 Å². The number of allylic oxidation sites excluding steroid dienone is 1. The minimum atomic E-state index is -0.368. The van der Waals surface area contributed by atoms with E-state index in [0.717, 1.165) is 14.6 Å². The van der Waals surface area contributed by atoms with E-state index in [2.05, 4.69) is 32.6 Å². The number of rotatable bonds is 1. The molecule has 0 aromatic carbocycles. The minimum absolute atomic E-state index is 0.141. The van der Waals surface area contributed by atoms with Crippen molar-refractivity contribution in [3.63, 3.8) is 0 Å². The molecule has 0 radical (unpaired) electrons. The van der Waals surface area contributed by atoms with Gasteiger partial charge in [0.2, 0.25) is 0 Å². The largest absolute Gasteiger partial charge is 0.389 e. The van der Waals surface area contributed by atoms with Gasteiger partial charge >= 0.3 is 0 Å². The van der Waals surface area contributed by atoms with Crippen molar-refractivity contribution >= 4 is 45.2 Å². The van der Waals surface area contributed by atoms with Gasteiger partial charge in [0.15, 0.2) is 0 Å². The fourth-order valence-corrected chi connectivity index (χ4v) is 3.31. The van der Waals surface area contributed by atoms with E-state index in [4.69, 9.17) is 11.6 Å². The lowest BCUT2D eigenvalue weighted by molar-refractivity contribution is 0.211. The first-order valence-corrected chi connectivity index (χ1v) is 6.65. The summed E-state index contributed by atoms with van der Waals surface area (Å²) in [6, 6.07) is 0.141. The van der Waals surface area contributed by atoms with Gasteiger partial charge in [0.25, 0.3) is 0 Å². The summed E-state index contributed by atoms with van der Waals surface area (Å²) < 4.78 is 3.06. The summed E-state index contributed by atoms with van der Waals surface area (Å²) in [7, 11) is 0. The van der Waals surface area contributed by atoms with Crippen LogP contribution in [0.4, 0.5) is 0 Å². The van der Waals surface area contributed by atoms with Gasteiger partial charge in [0.05, 0.1) is 17.5 Å². The molecule has 0 aliphatic heterocycles. The maximum atomic E-state index is 9.53. The molecule has 2 aromatic heterocycles. The van der Waals surface area contributed by atoms with Crippen LogP contribution in [0.2, 0.25) is 5.15 Å². The van der Waals surface area contributed by atoms with Gasteiger partial charge in [-0.2, -0.15) is 0 Å². The maximum absolute atomic E-state index is 9.53. The zero-order valence-electron chi connectivity index (χ0n) is 8.72. The Kier molecular flexibility index (Phi) is 2.84. The number of aliphatic hydroxyl groups excluding tert-OH is 1. The summed E-state index contributed by atoms with van der Waals surface area (Å²) in [5.41, 5.74) is 0.818. The fourth-order valence-electron chi connectivity index (χ4n) is 2.12. The van der Waals surface area contributed by atoms with E-state index in [1.165, 1.54) is 6.33 Å². The molecule has 2 atom stereocenters. The molecule has 1 aliphatic carbocycles. The molecule has 0 bridgehead atoms. The van der Waals surface area contributed by atoms with Crippen LogP contribution in [0.3, 0.4) is 0 Å². The molecule has 1 aliphatic rings. The Morgan fingerprint density at radius 3 is 2.94 bits per heavy atom. The third-order valence-electron chi connectivity index (χ3n) is 2.91. The van der Waals surface area contributed by atoms with Crippen molar-refractivity contribution in [2.45, 2.75) is 18.6 Å². The number of hydrogen-bond donors (Lipinski definition) is 1. The molecule has 3 rings (SSSR count). The number of halogens is 2. The van der Waals surface area contributed by atoms with Gasteiger partial charge in [-0.25, -0.2) is 9.97 Å². The van der Waals surface area contributed by atoms with Gasteiger partial charge in [-0.05, 0) is 22.6 Å². The van der Waals surface area contributed by atoms with Crippen LogP contribution in [0.1, 0.15) is 12.5 Å². The molecule has 6 heteroatoms. The molecule has 1 N–H and O–H groups in total. The second kappa shape index (κ2) is 4.22. The summed E-state index contributed by atoms with van der Waals surface area (Å²) >= 11 is 8.30. The molecule has 4 nitrogen and oxygen atoms in total. The highest BCUT2D eigenvalue weighted by Gasteiger charge is 2.22. The highest BCUT2D eigenvalue weighted by molar-refractivity contribution is 14.1. The third-order valence-corrected chi connectivity index (χ3v) is 4.02. The van der Waals surface area contributed by atoms with E-state index in [9.17, 15) is 5.11 Å². The van der Waals surface area contributed by atoms with E-state index in [-0.39, 0.29) is 12.1 Å². The Labute approximate surface area is 116 Å². The van der Waals surface area contributed by atoms with Crippen LogP contribution in [0.5, 0.6) is 0 Å². The summed E-state index contributed by atoms with van der Waals surface area (Å²) in [5, 5.41) is 10.9. The van der Waals surface area contributed by atoms with Gasteiger partial charge in [0, 0.05) is 16.2 Å². The Balaban J connectivity index is 2.18. The molecule has 0 saturated carbocycles. The molecule has 2 aromatic rings. The molecule has 0 spiro atoms. The van der Waals surface area contributed by atoms with Crippen molar-refractivity contribution in [3.8, 4) is 0 Å². The van der Waals surface area contributed by atoms with Crippen LogP contribution in [-0.4, -0.2) is 25.7 Å². The van der Waals surface area contributed by atoms with Crippen molar-refractivity contribution in [2.75, 3.05) is 0 Å². The van der Waals surface area contributed by atoms with Gasteiger partial charge in [-0.15, -0.1) is 0 Å². The Morgan fingerprint density at radius 2 is 2.24 bits per heavy atom. The van der Waals surface area contributed by atoms with Crippen molar-refractivity contribution in [1.82, 2.24) is 14.5 Å². The Bertz CT molecular complexity index is 610. The standard InChI is InChI=1S/C11H9ClIN3O/c12-10-9-8(13)4-16(11(9)15-5-14-10)6-1-2-7(17)3-6/h1-2,4-7,17H,3H2. The number of nitrogens with zero attached hydrogens (tertiary/aromatic N) is 3. The zero-order valence-corrected chi connectivity index (χ0v) is 11.6. The van der Waals surface area contributed by atoms with E-state index >= 15 is 0 Å². The average molecular weight is 362 g/mol. The topological polar surface area (TPSA) is 50.9 Å². The predicted octanol–water partition coefficient (Wildman–Crippen LogP) is 2.55.